The van der Waals surface area contributed by atoms with Crippen LogP contribution in [0.25, 0.3) is 118 Å². The monoisotopic (exact) mass is 1060 g/mol. The van der Waals surface area contributed by atoms with E-state index in [1.165, 1.54) is 51.5 Å². The van der Waals surface area contributed by atoms with E-state index in [1.54, 1.807) is 0 Å². The zero-order valence-corrected chi connectivity index (χ0v) is 45.4. The third kappa shape index (κ3) is 7.41. The van der Waals surface area contributed by atoms with Crippen LogP contribution in [0.1, 0.15) is 11.1 Å². The summed E-state index contributed by atoms with van der Waals surface area (Å²) in [5.74, 6) is 0. The zero-order valence-electron chi connectivity index (χ0n) is 43.8. The van der Waals surface area contributed by atoms with E-state index in [0.29, 0.717) is 0 Å². The van der Waals surface area contributed by atoms with Crippen molar-refractivity contribution >= 4 is 141 Å². The first-order valence-corrected chi connectivity index (χ1v) is 28.8. The van der Waals surface area contributed by atoms with Crippen molar-refractivity contribution in [1.82, 2.24) is 0 Å². The van der Waals surface area contributed by atoms with Gasteiger partial charge in [-0.3, -0.25) is 0 Å². The van der Waals surface area contributed by atoms with Crippen LogP contribution in [-0.2, 0) is 0 Å². The summed E-state index contributed by atoms with van der Waals surface area (Å²) in [6, 6.07) is 92.7. The van der Waals surface area contributed by atoms with Crippen molar-refractivity contribution in [3.8, 4) is 33.4 Å². The highest BCUT2D eigenvalue weighted by Gasteiger charge is 2.26. The molecule has 0 N–H and O–H groups in total. The summed E-state index contributed by atoms with van der Waals surface area (Å²) in [4.78, 5) is 4.99. The Hall–Kier alpha value is -9.72. The van der Waals surface area contributed by atoms with Crippen molar-refractivity contribution < 1.29 is 8.83 Å². The summed E-state index contributed by atoms with van der Waals surface area (Å²) >= 11 is 3.72. The van der Waals surface area contributed by atoms with Crippen molar-refractivity contribution in [1.29, 1.82) is 0 Å². The molecule has 0 amide bonds. The van der Waals surface area contributed by atoms with Gasteiger partial charge in [-0.1, -0.05) is 158 Å². The molecule has 0 fully saturated rings. The van der Waals surface area contributed by atoms with Crippen molar-refractivity contribution in [2.45, 2.75) is 13.8 Å². The molecule has 0 aliphatic heterocycles. The fourth-order valence-corrected chi connectivity index (χ4v) is 14.8. The lowest BCUT2D eigenvalue weighted by atomic mass is 9.96. The van der Waals surface area contributed by atoms with Crippen LogP contribution in [-0.4, -0.2) is 0 Å². The first-order chi connectivity index (χ1) is 39.5. The van der Waals surface area contributed by atoms with Crippen LogP contribution in [0.15, 0.2) is 264 Å². The van der Waals surface area contributed by atoms with Gasteiger partial charge in [0.2, 0.25) is 0 Å². The standard InChI is InChI=1S/C74H48N2O2S2/c1-45-41-47(33-37-61(45)75(65-27-15-23-57-55-21-7-13-31-71(55)79-73(57)65)63-25-9-3-17-51(63)49-35-39-69-59(43-49)53-19-5-11-29-67(53)77-69)48-34-38-62(46(2)42-48)76(66-28-16-24-58-56-22-8-14-32-72(56)80-74(58)66)64-26-10-4-18-52(64)50-36-40-70-60(44-50)54-20-6-12-30-68(54)78-70/h3-44H,1-2H3. The van der Waals surface area contributed by atoms with Gasteiger partial charge in [-0.2, -0.15) is 0 Å². The van der Waals surface area contributed by atoms with Crippen molar-refractivity contribution in [2.24, 2.45) is 0 Å². The molecule has 80 heavy (non-hydrogen) atoms. The van der Waals surface area contributed by atoms with E-state index >= 15 is 0 Å². The van der Waals surface area contributed by atoms with Gasteiger partial charge >= 0.3 is 0 Å². The Morgan fingerprint density at radius 3 is 1.09 bits per heavy atom. The van der Waals surface area contributed by atoms with E-state index < -0.39 is 0 Å². The molecule has 4 nitrogen and oxygen atoms in total. The summed E-state index contributed by atoms with van der Waals surface area (Å²) in [6.45, 7) is 4.52. The maximum atomic E-state index is 6.32. The summed E-state index contributed by atoms with van der Waals surface area (Å²) < 4.78 is 17.7. The number of hydrogen-bond donors (Lipinski definition) is 0. The van der Waals surface area contributed by atoms with Gasteiger partial charge in [0.15, 0.2) is 0 Å². The molecule has 4 heterocycles. The van der Waals surface area contributed by atoms with Gasteiger partial charge in [-0.15, -0.1) is 22.7 Å². The first-order valence-electron chi connectivity index (χ1n) is 27.1. The van der Waals surface area contributed by atoms with Crippen molar-refractivity contribution in [2.75, 3.05) is 9.80 Å². The predicted octanol–water partition coefficient (Wildman–Crippen LogP) is 22.8. The lowest BCUT2D eigenvalue weighted by Gasteiger charge is -2.30. The van der Waals surface area contributed by atoms with Gasteiger partial charge in [-0.05, 0) is 144 Å². The molecule has 0 saturated carbocycles. The topological polar surface area (TPSA) is 32.8 Å². The van der Waals surface area contributed by atoms with Gasteiger partial charge in [-0.25, -0.2) is 0 Å². The molecule has 6 heteroatoms. The maximum absolute atomic E-state index is 6.32. The second-order valence-corrected chi connectivity index (χ2v) is 22.9. The fraction of sp³-hybridized carbons (Fsp3) is 0.0270. The van der Waals surface area contributed by atoms with Gasteiger partial charge in [0, 0.05) is 75.0 Å². The minimum Gasteiger partial charge on any atom is -0.456 e. The first kappa shape index (κ1) is 46.4. The van der Waals surface area contributed by atoms with Crippen molar-refractivity contribution in [3.05, 3.63) is 266 Å². The average Bonchev–Trinajstić information content (AvgIpc) is 4.33. The minimum absolute atomic E-state index is 0.887. The predicted molar refractivity (Wildman–Crippen MR) is 342 cm³/mol. The van der Waals surface area contributed by atoms with Crippen LogP contribution in [0.5, 0.6) is 0 Å². The second-order valence-electron chi connectivity index (χ2n) is 20.8. The maximum Gasteiger partial charge on any atom is 0.135 e. The van der Waals surface area contributed by atoms with E-state index in [9.17, 15) is 0 Å². The molecule has 0 unspecified atom stereocenters. The number of aryl methyl sites for hydroxylation is 2. The fourth-order valence-electron chi connectivity index (χ4n) is 12.4. The van der Waals surface area contributed by atoms with Gasteiger partial charge in [0.1, 0.15) is 22.3 Å². The molecular weight excluding hydrogens is 1010 g/mol. The minimum atomic E-state index is 0.887. The van der Waals surface area contributed by atoms with Crippen LogP contribution in [0, 0.1) is 13.8 Å². The summed E-state index contributed by atoms with van der Waals surface area (Å²) in [5, 5.41) is 9.52. The smallest absolute Gasteiger partial charge is 0.135 e. The molecule has 0 spiro atoms. The zero-order chi connectivity index (χ0) is 53.0. The van der Waals surface area contributed by atoms with E-state index in [-0.39, 0.29) is 0 Å². The average molecular weight is 1060 g/mol. The van der Waals surface area contributed by atoms with Gasteiger partial charge < -0.3 is 18.6 Å². The number of nitrogens with zero attached hydrogens (tertiary/aromatic N) is 2. The Labute approximate surface area is 469 Å². The van der Waals surface area contributed by atoms with E-state index in [2.05, 4.69) is 254 Å². The second kappa shape index (κ2) is 18.5. The van der Waals surface area contributed by atoms with Crippen LogP contribution >= 0.6 is 22.7 Å². The highest BCUT2D eigenvalue weighted by atomic mass is 32.1. The summed E-state index contributed by atoms with van der Waals surface area (Å²) in [7, 11) is 0. The highest BCUT2D eigenvalue weighted by Crippen LogP contribution is 2.51. The van der Waals surface area contributed by atoms with Gasteiger partial charge in [0.05, 0.1) is 32.1 Å². The quantitative estimate of drug-likeness (QED) is 0.144. The van der Waals surface area contributed by atoms with E-state index in [1.807, 2.05) is 46.9 Å². The molecule has 0 aliphatic carbocycles. The third-order valence-corrected chi connectivity index (χ3v) is 18.5. The summed E-state index contributed by atoms with van der Waals surface area (Å²) in [6.07, 6.45) is 0. The van der Waals surface area contributed by atoms with Crippen LogP contribution in [0.3, 0.4) is 0 Å². The normalized spacial score (nSPS) is 11.9. The Balaban J connectivity index is 0.841. The third-order valence-electron chi connectivity index (χ3n) is 16.1. The number of benzene rings is 12. The number of thiophene rings is 2. The Kier molecular flexibility index (Phi) is 10.7. The molecule has 0 aliphatic rings. The highest BCUT2D eigenvalue weighted by molar-refractivity contribution is 7.26. The lowest BCUT2D eigenvalue weighted by Crippen LogP contribution is -2.13. The molecular formula is C74H48N2O2S2. The molecule has 378 valence electrons. The SMILES string of the molecule is Cc1cc(-c2ccc(N(c3ccccc3-c3ccc4oc5ccccc5c4c3)c3cccc4c3sc3ccccc34)c(C)c2)ccc1N(c1ccccc1-c1ccc2oc3ccccc3c2c1)c1cccc2c1sc1ccccc12. The molecule has 16 aromatic rings. The van der Waals surface area contributed by atoms with E-state index in [4.69, 9.17) is 8.83 Å². The number of furan rings is 2. The molecule has 12 aromatic carbocycles. The number of para-hydroxylation sites is 4. The molecule has 16 rings (SSSR count). The molecule has 0 atom stereocenters. The number of hydrogen-bond acceptors (Lipinski definition) is 6. The van der Waals surface area contributed by atoms with E-state index in [0.717, 1.165) is 111 Å². The Bertz CT molecular complexity index is 4830. The molecule has 0 saturated heterocycles. The summed E-state index contributed by atoms with van der Waals surface area (Å²) in [5.41, 5.74) is 19.5. The van der Waals surface area contributed by atoms with Crippen LogP contribution in [0.4, 0.5) is 34.1 Å². The number of rotatable bonds is 9. The lowest BCUT2D eigenvalue weighted by molar-refractivity contribution is 0.668. The number of fused-ring (bicyclic) bond motifs is 12. The van der Waals surface area contributed by atoms with Crippen LogP contribution in [0.2, 0.25) is 0 Å². The van der Waals surface area contributed by atoms with Crippen molar-refractivity contribution in [3.63, 3.8) is 0 Å². The largest absolute Gasteiger partial charge is 0.456 e. The Morgan fingerprint density at radius 1 is 0.263 bits per heavy atom. The number of anilines is 6. The Morgan fingerprint density at radius 2 is 0.625 bits per heavy atom. The molecule has 0 radical (unpaired) electrons. The molecule has 0 bridgehead atoms. The van der Waals surface area contributed by atoms with Gasteiger partial charge in [0.25, 0.3) is 0 Å². The molecule has 4 aromatic heterocycles. The van der Waals surface area contributed by atoms with Crippen LogP contribution < -0.4 is 9.80 Å².